The lowest BCUT2D eigenvalue weighted by Gasteiger charge is -2.09. The van der Waals surface area contributed by atoms with Gasteiger partial charge >= 0.3 is 5.97 Å². The Morgan fingerprint density at radius 2 is 2.33 bits per heavy atom. The Bertz CT molecular complexity index is 357. The molecule has 5 heteroatoms. The van der Waals surface area contributed by atoms with E-state index in [2.05, 4.69) is 5.32 Å². The third-order valence-corrected chi connectivity index (χ3v) is 2.46. The van der Waals surface area contributed by atoms with Gasteiger partial charge in [0.05, 0.1) is 11.3 Å². The Hall–Kier alpha value is -1.23. The highest BCUT2D eigenvalue weighted by atomic mass is 32.2. The molecule has 3 nitrogen and oxygen atoms in total. The smallest absolute Gasteiger partial charge is 0.337 e. The zero-order valence-electron chi connectivity index (χ0n) is 8.29. The van der Waals surface area contributed by atoms with Crippen molar-refractivity contribution in [3.8, 4) is 0 Å². The van der Waals surface area contributed by atoms with Crippen molar-refractivity contribution >= 4 is 23.4 Å². The highest BCUT2D eigenvalue weighted by molar-refractivity contribution is 7.98. The normalized spacial score (nSPS) is 10.0. The number of carboxylic acids is 1. The molecule has 0 fully saturated rings. The average Bonchev–Trinajstić information content (AvgIpc) is 2.20. The van der Waals surface area contributed by atoms with Crippen LogP contribution in [-0.4, -0.2) is 29.6 Å². The lowest BCUT2D eigenvalue weighted by atomic mass is 10.1. The zero-order valence-corrected chi connectivity index (χ0v) is 9.10. The van der Waals surface area contributed by atoms with Crippen molar-refractivity contribution in [1.29, 1.82) is 0 Å². The van der Waals surface area contributed by atoms with Crippen molar-refractivity contribution < 1.29 is 14.3 Å². The first kappa shape index (κ1) is 11.8. The Labute approximate surface area is 91.7 Å². The van der Waals surface area contributed by atoms with Crippen molar-refractivity contribution in [2.24, 2.45) is 0 Å². The van der Waals surface area contributed by atoms with Gasteiger partial charge in [-0.3, -0.25) is 0 Å². The minimum absolute atomic E-state index is 0.0314. The minimum atomic E-state index is -1.12. The van der Waals surface area contributed by atoms with Gasteiger partial charge in [-0.2, -0.15) is 11.8 Å². The minimum Gasteiger partial charge on any atom is -0.478 e. The number of aromatic carboxylic acids is 1. The number of thioether (sulfide) groups is 1. The van der Waals surface area contributed by atoms with Gasteiger partial charge in [-0.25, -0.2) is 9.18 Å². The van der Waals surface area contributed by atoms with Gasteiger partial charge < -0.3 is 10.4 Å². The highest BCUT2D eigenvalue weighted by Gasteiger charge is 2.13. The van der Waals surface area contributed by atoms with Gasteiger partial charge in [-0.05, 0) is 18.4 Å². The van der Waals surface area contributed by atoms with Gasteiger partial charge in [-0.15, -0.1) is 0 Å². The Balaban J connectivity index is 2.87. The van der Waals surface area contributed by atoms with E-state index in [0.29, 0.717) is 6.54 Å². The molecule has 0 spiro atoms. The summed E-state index contributed by atoms with van der Waals surface area (Å²) in [5.41, 5.74) is 0.0372. The summed E-state index contributed by atoms with van der Waals surface area (Å²) in [5, 5.41) is 11.6. The van der Waals surface area contributed by atoms with Crippen molar-refractivity contribution in [2.75, 3.05) is 23.9 Å². The molecule has 0 aliphatic heterocycles. The summed E-state index contributed by atoms with van der Waals surface area (Å²) in [6.07, 6.45) is 1.93. The molecule has 0 atom stereocenters. The van der Waals surface area contributed by atoms with Crippen LogP contribution in [0.5, 0.6) is 0 Å². The predicted octanol–water partition coefficient (Wildman–Crippen LogP) is 2.30. The predicted molar refractivity (Wildman–Crippen MR) is 60.2 cm³/mol. The van der Waals surface area contributed by atoms with E-state index in [-0.39, 0.29) is 11.3 Å². The monoisotopic (exact) mass is 229 g/mol. The van der Waals surface area contributed by atoms with Crippen LogP contribution in [0.4, 0.5) is 10.1 Å². The molecule has 1 aromatic rings. The first-order valence-electron chi connectivity index (χ1n) is 4.41. The molecule has 15 heavy (non-hydrogen) atoms. The number of carbonyl (C=O) groups is 1. The van der Waals surface area contributed by atoms with Gasteiger partial charge in [-0.1, -0.05) is 6.07 Å². The molecule has 0 unspecified atom stereocenters. The quantitative estimate of drug-likeness (QED) is 0.761. The number of carboxylic acid groups (broad SMARTS) is 1. The molecule has 0 bridgehead atoms. The summed E-state index contributed by atoms with van der Waals surface area (Å²) in [5.74, 6) is -0.856. The molecule has 82 valence electrons. The summed E-state index contributed by atoms with van der Waals surface area (Å²) >= 11 is 1.61. The maximum Gasteiger partial charge on any atom is 0.337 e. The van der Waals surface area contributed by atoms with E-state index in [4.69, 9.17) is 5.11 Å². The second kappa shape index (κ2) is 5.60. The fourth-order valence-corrected chi connectivity index (χ4v) is 1.47. The Kier molecular flexibility index (Phi) is 4.42. The fourth-order valence-electron chi connectivity index (χ4n) is 1.16. The SMILES string of the molecule is CSCCNc1c(F)cccc1C(=O)O. The van der Waals surface area contributed by atoms with E-state index >= 15 is 0 Å². The Morgan fingerprint density at radius 3 is 2.93 bits per heavy atom. The van der Waals surface area contributed by atoms with E-state index in [9.17, 15) is 9.18 Å². The first-order valence-corrected chi connectivity index (χ1v) is 5.81. The maximum atomic E-state index is 13.3. The topological polar surface area (TPSA) is 49.3 Å². The van der Waals surface area contributed by atoms with E-state index in [1.807, 2.05) is 6.26 Å². The van der Waals surface area contributed by atoms with Crippen molar-refractivity contribution in [1.82, 2.24) is 0 Å². The zero-order chi connectivity index (χ0) is 11.3. The summed E-state index contributed by atoms with van der Waals surface area (Å²) in [7, 11) is 0. The third kappa shape index (κ3) is 3.13. The molecule has 0 aromatic heterocycles. The molecular weight excluding hydrogens is 217 g/mol. The Morgan fingerprint density at radius 1 is 1.60 bits per heavy atom. The largest absolute Gasteiger partial charge is 0.478 e. The summed E-state index contributed by atoms with van der Waals surface area (Å²) in [6.45, 7) is 0.544. The van der Waals surface area contributed by atoms with E-state index < -0.39 is 11.8 Å². The van der Waals surface area contributed by atoms with Crippen LogP contribution in [0, 0.1) is 5.82 Å². The molecular formula is C10H12FNO2S. The fraction of sp³-hybridized carbons (Fsp3) is 0.300. The molecule has 1 aromatic carbocycles. The molecule has 2 N–H and O–H groups in total. The maximum absolute atomic E-state index is 13.3. The number of rotatable bonds is 5. The molecule has 1 rings (SSSR count). The number of halogens is 1. The van der Waals surface area contributed by atoms with E-state index in [1.165, 1.54) is 18.2 Å². The van der Waals surface area contributed by atoms with Gasteiger partial charge in [0.1, 0.15) is 5.82 Å². The van der Waals surface area contributed by atoms with Crippen molar-refractivity contribution in [2.45, 2.75) is 0 Å². The van der Waals surface area contributed by atoms with Crippen LogP contribution < -0.4 is 5.32 Å². The third-order valence-electron chi connectivity index (χ3n) is 1.85. The van der Waals surface area contributed by atoms with E-state index in [0.717, 1.165) is 5.75 Å². The molecule has 0 radical (unpaired) electrons. The van der Waals surface area contributed by atoms with E-state index in [1.54, 1.807) is 11.8 Å². The van der Waals surface area contributed by atoms with Crippen LogP contribution in [0.2, 0.25) is 0 Å². The van der Waals surface area contributed by atoms with Gasteiger partial charge in [0.25, 0.3) is 0 Å². The van der Waals surface area contributed by atoms with Gasteiger partial charge in [0, 0.05) is 12.3 Å². The van der Waals surface area contributed by atoms with Gasteiger partial charge in [0.2, 0.25) is 0 Å². The number of anilines is 1. The van der Waals surface area contributed by atoms with Crippen LogP contribution >= 0.6 is 11.8 Å². The summed E-state index contributed by atoms with van der Waals surface area (Å²) in [4.78, 5) is 10.8. The molecule has 0 aliphatic rings. The molecule has 0 saturated carbocycles. The lowest BCUT2D eigenvalue weighted by molar-refractivity contribution is 0.0697. The summed E-state index contributed by atoms with van der Waals surface area (Å²) in [6, 6.07) is 4.01. The highest BCUT2D eigenvalue weighted by Crippen LogP contribution is 2.19. The summed E-state index contributed by atoms with van der Waals surface area (Å²) < 4.78 is 13.3. The van der Waals surface area contributed by atoms with Gasteiger partial charge in [0.15, 0.2) is 0 Å². The van der Waals surface area contributed by atoms with Crippen molar-refractivity contribution in [3.05, 3.63) is 29.6 Å². The average molecular weight is 229 g/mol. The van der Waals surface area contributed by atoms with Crippen LogP contribution in [0.1, 0.15) is 10.4 Å². The van der Waals surface area contributed by atoms with Crippen LogP contribution in [0.25, 0.3) is 0 Å². The molecule has 0 saturated heterocycles. The van der Waals surface area contributed by atoms with Crippen molar-refractivity contribution in [3.63, 3.8) is 0 Å². The van der Waals surface area contributed by atoms with Crippen LogP contribution in [0.3, 0.4) is 0 Å². The number of benzene rings is 1. The van der Waals surface area contributed by atoms with Crippen LogP contribution in [0.15, 0.2) is 18.2 Å². The lowest BCUT2D eigenvalue weighted by Crippen LogP contribution is -2.10. The second-order valence-corrected chi connectivity index (χ2v) is 3.87. The second-order valence-electron chi connectivity index (χ2n) is 2.89. The number of hydrogen-bond donors (Lipinski definition) is 2. The number of hydrogen-bond acceptors (Lipinski definition) is 3. The molecule has 0 amide bonds. The standard InChI is InChI=1S/C10H12FNO2S/c1-15-6-5-12-9-7(10(13)14)3-2-4-8(9)11/h2-4,12H,5-6H2,1H3,(H,13,14). The first-order chi connectivity index (χ1) is 7.16. The van der Waals surface area contributed by atoms with Crippen LogP contribution in [-0.2, 0) is 0 Å². The molecule has 0 aliphatic carbocycles. The number of nitrogens with one attached hydrogen (secondary N) is 1. The molecule has 0 heterocycles. The number of para-hydroxylation sites is 1.